The van der Waals surface area contributed by atoms with Gasteiger partial charge in [-0.25, -0.2) is 9.97 Å². The van der Waals surface area contributed by atoms with E-state index in [9.17, 15) is 0 Å². The van der Waals surface area contributed by atoms with Crippen molar-refractivity contribution in [1.29, 1.82) is 0 Å². The number of benzene rings is 2. The Labute approximate surface area is 182 Å². The topological polar surface area (TPSA) is 56.4 Å². The molecule has 2 aromatic heterocycles. The van der Waals surface area contributed by atoms with E-state index in [0.717, 1.165) is 73.1 Å². The molecule has 0 amide bonds. The van der Waals surface area contributed by atoms with Crippen LogP contribution in [-0.2, 0) is 4.74 Å². The number of hydrogen-bond donors (Lipinski definition) is 2. The maximum atomic E-state index is 5.48. The monoisotopic (exact) mass is 414 g/mol. The highest BCUT2D eigenvalue weighted by Crippen LogP contribution is 2.35. The minimum atomic E-state index is 0.852. The Kier molecular flexibility index (Phi) is 5.65. The van der Waals surface area contributed by atoms with Crippen molar-refractivity contribution in [3.63, 3.8) is 0 Å². The van der Waals surface area contributed by atoms with Crippen LogP contribution in [0, 0.1) is 6.92 Å². The second kappa shape index (κ2) is 8.88. The zero-order chi connectivity index (χ0) is 21.0. The summed E-state index contributed by atoms with van der Waals surface area (Å²) in [5, 5.41) is 4.66. The molecule has 3 heterocycles. The molecule has 158 valence electrons. The molecular formula is C25H28N5O+. The lowest BCUT2D eigenvalue weighted by atomic mass is 10.1. The van der Waals surface area contributed by atoms with E-state index in [0.29, 0.717) is 0 Å². The van der Waals surface area contributed by atoms with E-state index in [1.807, 2.05) is 6.07 Å². The van der Waals surface area contributed by atoms with Crippen LogP contribution in [0.1, 0.15) is 5.56 Å². The molecule has 0 unspecified atom stereocenters. The van der Waals surface area contributed by atoms with E-state index in [1.165, 1.54) is 5.56 Å². The average molecular weight is 415 g/mol. The highest BCUT2D eigenvalue weighted by Gasteiger charge is 2.18. The third-order valence-electron chi connectivity index (χ3n) is 5.92. The molecule has 2 aromatic carbocycles. The fourth-order valence-corrected chi connectivity index (χ4v) is 4.27. The van der Waals surface area contributed by atoms with Crippen molar-refractivity contribution < 1.29 is 9.64 Å². The summed E-state index contributed by atoms with van der Waals surface area (Å²) < 4.78 is 7.65. The standard InChI is InChI=1S/C25H27N5O/c1-19-6-5-9-21(16-19)30-17-22(20-7-3-2-4-8-20)23-24(27-18-28-25(23)30)26-10-11-29-12-14-31-15-13-29/h2-9,16-18H,10-15H2,1H3,(H,26,27,28)/p+1. The van der Waals surface area contributed by atoms with Gasteiger partial charge in [0.25, 0.3) is 0 Å². The Morgan fingerprint density at radius 1 is 1.03 bits per heavy atom. The van der Waals surface area contributed by atoms with Crippen LogP contribution in [0.25, 0.3) is 27.8 Å². The number of aromatic nitrogens is 3. The first kappa shape index (κ1) is 19.7. The molecule has 0 spiro atoms. The molecule has 4 aromatic rings. The van der Waals surface area contributed by atoms with E-state index in [2.05, 4.69) is 81.5 Å². The van der Waals surface area contributed by atoms with Crippen LogP contribution in [0.4, 0.5) is 5.82 Å². The number of fused-ring (bicyclic) bond motifs is 1. The minimum absolute atomic E-state index is 0.852. The number of quaternary nitrogens is 1. The van der Waals surface area contributed by atoms with E-state index >= 15 is 0 Å². The molecule has 0 saturated carbocycles. The van der Waals surface area contributed by atoms with Gasteiger partial charge in [0.05, 0.1) is 31.7 Å². The lowest BCUT2D eigenvalue weighted by molar-refractivity contribution is -0.906. The average Bonchev–Trinajstić information content (AvgIpc) is 3.21. The van der Waals surface area contributed by atoms with Crippen LogP contribution in [0.2, 0.25) is 0 Å². The maximum Gasteiger partial charge on any atom is 0.150 e. The summed E-state index contributed by atoms with van der Waals surface area (Å²) in [6.07, 6.45) is 3.84. The van der Waals surface area contributed by atoms with Crippen molar-refractivity contribution in [2.75, 3.05) is 44.7 Å². The fourth-order valence-electron chi connectivity index (χ4n) is 4.27. The summed E-state index contributed by atoms with van der Waals surface area (Å²) in [5.41, 5.74) is 5.55. The highest BCUT2D eigenvalue weighted by molar-refractivity contribution is 6.02. The third kappa shape index (κ3) is 4.17. The Hall–Kier alpha value is -3.22. The Balaban J connectivity index is 1.55. The lowest BCUT2D eigenvalue weighted by Crippen LogP contribution is -3.14. The maximum absolute atomic E-state index is 5.48. The van der Waals surface area contributed by atoms with Crippen LogP contribution in [0.3, 0.4) is 0 Å². The number of aryl methyl sites for hydroxylation is 1. The first-order valence-corrected chi connectivity index (χ1v) is 10.9. The molecule has 0 atom stereocenters. The van der Waals surface area contributed by atoms with Crippen LogP contribution in [0.15, 0.2) is 67.1 Å². The molecule has 6 nitrogen and oxygen atoms in total. The Morgan fingerprint density at radius 3 is 2.68 bits per heavy atom. The smallest absolute Gasteiger partial charge is 0.150 e. The number of hydrogen-bond acceptors (Lipinski definition) is 4. The van der Waals surface area contributed by atoms with Crippen LogP contribution in [-0.4, -0.2) is 53.9 Å². The summed E-state index contributed by atoms with van der Waals surface area (Å²) in [5.74, 6) is 0.892. The van der Waals surface area contributed by atoms with Gasteiger partial charge in [-0.15, -0.1) is 0 Å². The van der Waals surface area contributed by atoms with Crippen molar-refractivity contribution in [3.05, 3.63) is 72.7 Å². The van der Waals surface area contributed by atoms with Crippen LogP contribution >= 0.6 is 0 Å². The molecule has 1 aliphatic heterocycles. The normalized spacial score (nSPS) is 14.7. The molecule has 6 heteroatoms. The Morgan fingerprint density at radius 2 is 1.87 bits per heavy atom. The fraction of sp³-hybridized carbons (Fsp3) is 0.280. The molecular weight excluding hydrogens is 386 g/mol. The number of ether oxygens (including phenoxy) is 1. The second-order valence-electron chi connectivity index (χ2n) is 8.08. The van der Waals surface area contributed by atoms with Gasteiger partial charge in [0.1, 0.15) is 25.2 Å². The number of nitrogens with zero attached hydrogens (tertiary/aromatic N) is 3. The predicted octanol–water partition coefficient (Wildman–Crippen LogP) is 2.72. The van der Waals surface area contributed by atoms with Gasteiger partial charge in [-0.2, -0.15) is 0 Å². The van der Waals surface area contributed by atoms with E-state index < -0.39 is 0 Å². The van der Waals surface area contributed by atoms with Gasteiger partial charge in [0.2, 0.25) is 0 Å². The zero-order valence-electron chi connectivity index (χ0n) is 17.8. The highest BCUT2D eigenvalue weighted by atomic mass is 16.5. The van der Waals surface area contributed by atoms with Gasteiger partial charge in [-0.05, 0) is 30.2 Å². The van der Waals surface area contributed by atoms with Gasteiger partial charge in [0.15, 0.2) is 5.65 Å². The summed E-state index contributed by atoms with van der Waals surface area (Å²) in [6.45, 7) is 7.87. The van der Waals surface area contributed by atoms with Crippen molar-refractivity contribution in [2.24, 2.45) is 0 Å². The predicted molar refractivity (Wildman–Crippen MR) is 124 cm³/mol. The van der Waals surface area contributed by atoms with Crippen molar-refractivity contribution >= 4 is 16.9 Å². The van der Waals surface area contributed by atoms with Gasteiger partial charge in [-0.1, -0.05) is 42.5 Å². The summed E-state index contributed by atoms with van der Waals surface area (Å²) in [6, 6.07) is 19.0. The zero-order valence-corrected chi connectivity index (χ0v) is 17.8. The lowest BCUT2D eigenvalue weighted by Gasteiger charge is -2.23. The summed E-state index contributed by atoms with van der Waals surface area (Å²) >= 11 is 0. The molecule has 1 fully saturated rings. The molecule has 0 bridgehead atoms. The first-order valence-electron chi connectivity index (χ1n) is 10.9. The van der Waals surface area contributed by atoms with Gasteiger partial charge >= 0.3 is 0 Å². The minimum Gasteiger partial charge on any atom is -0.370 e. The molecule has 1 aliphatic rings. The van der Waals surface area contributed by atoms with Gasteiger partial charge in [0, 0.05) is 17.4 Å². The van der Waals surface area contributed by atoms with E-state index in [1.54, 1.807) is 11.2 Å². The largest absolute Gasteiger partial charge is 0.370 e. The molecule has 31 heavy (non-hydrogen) atoms. The molecule has 0 aliphatic carbocycles. The Bertz CT molecular complexity index is 1170. The number of anilines is 1. The molecule has 2 N–H and O–H groups in total. The van der Waals surface area contributed by atoms with Crippen molar-refractivity contribution in [2.45, 2.75) is 6.92 Å². The molecule has 0 radical (unpaired) electrons. The van der Waals surface area contributed by atoms with Crippen LogP contribution in [0.5, 0.6) is 0 Å². The van der Waals surface area contributed by atoms with Crippen molar-refractivity contribution in [1.82, 2.24) is 14.5 Å². The van der Waals surface area contributed by atoms with Gasteiger partial charge < -0.3 is 19.5 Å². The van der Waals surface area contributed by atoms with Gasteiger partial charge in [-0.3, -0.25) is 0 Å². The van der Waals surface area contributed by atoms with Crippen LogP contribution < -0.4 is 10.2 Å². The molecule has 5 rings (SSSR count). The SMILES string of the molecule is Cc1cccc(-n2cc(-c3ccccc3)c3c(NCC[NH+]4CCOCC4)ncnc32)c1. The quantitative estimate of drug-likeness (QED) is 0.509. The third-order valence-corrected chi connectivity index (χ3v) is 5.92. The van der Waals surface area contributed by atoms with Crippen molar-refractivity contribution in [3.8, 4) is 16.8 Å². The number of morpholine rings is 1. The summed E-state index contributed by atoms with van der Waals surface area (Å²) in [4.78, 5) is 10.9. The number of nitrogens with one attached hydrogen (secondary N) is 2. The first-order chi connectivity index (χ1) is 15.3. The second-order valence-corrected chi connectivity index (χ2v) is 8.08. The summed E-state index contributed by atoms with van der Waals surface area (Å²) in [7, 11) is 0. The molecule has 1 saturated heterocycles. The number of rotatable bonds is 6. The van der Waals surface area contributed by atoms with E-state index in [4.69, 9.17) is 4.74 Å². The van der Waals surface area contributed by atoms with E-state index in [-0.39, 0.29) is 0 Å².